The second-order valence-electron chi connectivity index (χ2n) is 5.81. The molecule has 0 aliphatic carbocycles. The lowest BCUT2D eigenvalue weighted by atomic mass is 10.2. The third-order valence-corrected chi connectivity index (χ3v) is 4.12. The summed E-state index contributed by atoms with van der Waals surface area (Å²) in [6.07, 6.45) is 0. The van der Waals surface area contributed by atoms with Crippen LogP contribution in [0.5, 0.6) is 11.5 Å². The van der Waals surface area contributed by atoms with E-state index in [0.29, 0.717) is 11.4 Å². The second kappa shape index (κ2) is 7.82. The molecule has 2 aromatic rings. The lowest BCUT2D eigenvalue weighted by Crippen LogP contribution is -2.28. The number of nitrogens with one attached hydrogen (secondary N) is 1. The molecule has 2 aromatic carbocycles. The van der Waals surface area contributed by atoms with Crippen LogP contribution in [0.15, 0.2) is 59.8 Å². The van der Waals surface area contributed by atoms with Crippen molar-refractivity contribution in [2.24, 2.45) is 0 Å². The average Bonchev–Trinajstić information content (AvgIpc) is 3.00. The minimum atomic E-state index is -0.544. The van der Waals surface area contributed by atoms with Crippen LogP contribution in [0.4, 0.5) is 11.4 Å². The van der Waals surface area contributed by atoms with E-state index in [-0.39, 0.29) is 41.8 Å². The fraction of sp³-hybridized carbons (Fsp3) is 0.200. The minimum Gasteiger partial charge on any atom is -0.504 e. The molecule has 1 amide bonds. The Balaban J connectivity index is 1.95. The number of para-hydroxylation sites is 1. The van der Waals surface area contributed by atoms with E-state index < -0.39 is 5.97 Å². The first-order valence-electron chi connectivity index (χ1n) is 8.46. The van der Waals surface area contributed by atoms with Crippen LogP contribution in [0, 0.1) is 0 Å². The molecule has 0 atom stereocenters. The van der Waals surface area contributed by atoms with Crippen LogP contribution in [0.2, 0.25) is 0 Å². The number of phenols is 1. The summed E-state index contributed by atoms with van der Waals surface area (Å²) in [5.41, 5.74) is 1.61. The van der Waals surface area contributed by atoms with Crippen LogP contribution < -0.4 is 15.0 Å². The highest BCUT2D eigenvalue weighted by molar-refractivity contribution is 6.16. The van der Waals surface area contributed by atoms with Gasteiger partial charge in [0.25, 0.3) is 5.91 Å². The number of anilines is 2. The molecule has 0 fully saturated rings. The Morgan fingerprint density at radius 3 is 2.63 bits per heavy atom. The van der Waals surface area contributed by atoms with E-state index in [0.717, 1.165) is 0 Å². The number of aromatic hydroxyl groups is 1. The average molecular weight is 368 g/mol. The first-order valence-corrected chi connectivity index (χ1v) is 8.46. The summed E-state index contributed by atoms with van der Waals surface area (Å²) in [7, 11) is 1.43. The highest BCUT2D eigenvalue weighted by Crippen LogP contribution is 2.34. The molecule has 0 unspecified atom stereocenters. The van der Waals surface area contributed by atoms with Crippen LogP contribution >= 0.6 is 0 Å². The first-order chi connectivity index (χ1) is 13.0. The zero-order valence-corrected chi connectivity index (χ0v) is 15.1. The summed E-state index contributed by atoms with van der Waals surface area (Å²) >= 11 is 0. The maximum absolute atomic E-state index is 13.0. The smallest absolute Gasteiger partial charge is 0.338 e. The molecule has 140 valence electrons. The summed E-state index contributed by atoms with van der Waals surface area (Å²) in [5.74, 6) is -0.705. The topological polar surface area (TPSA) is 88.1 Å². The molecular formula is C20H20N2O5. The Morgan fingerprint density at radius 2 is 1.96 bits per heavy atom. The summed E-state index contributed by atoms with van der Waals surface area (Å²) in [4.78, 5) is 26.8. The van der Waals surface area contributed by atoms with Gasteiger partial charge < -0.3 is 24.8 Å². The Labute approximate surface area is 156 Å². The molecule has 1 aliphatic rings. The Bertz CT molecular complexity index is 893. The number of rotatable bonds is 6. The van der Waals surface area contributed by atoms with Crippen molar-refractivity contribution in [3.05, 3.63) is 59.8 Å². The fourth-order valence-corrected chi connectivity index (χ4v) is 2.80. The van der Waals surface area contributed by atoms with Crippen molar-refractivity contribution in [2.45, 2.75) is 6.92 Å². The number of hydrogen-bond donors (Lipinski definition) is 2. The monoisotopic (exact) mass is 368 g/mol. The number of esters is 1. The molecule has 0 spiro atoms. The summed E-state index contributed by atoms with van der Waals surface area (Å²) in [5, 5.41) is 12.8. The molecule has 2 N–H and O–H groups in total. The summed E-state index contributed by atoms with van der Waals surface area (Å²) in [6, 6.07) is 13.7. The van der Waals surface area contributed by atoms with Crippen molar-refractivity contribution < 1.29 is 24.2 Å². The van der Waals surface area contributed by atoms with Gasteiger partial charge in [0.1, 0.15) is 5.70 Å². The van der Waals surface area contributed by atoms with Crippen LogP contribution in [-0.4, -0.2) is 37.2 Å². The normalized spacial score (nSPS) is 13.7. The van der Waals surface area contributed by atoms with E-state index in [1.807, 2.05) is 18.2 Å². The molecule has 7 nitrogen and oxygen atoms in total. The van der Waals surface area contributed by atoms with E-state index in [1.165, 1.54) is 18.1 Å². The van der Waals surface area contributed by atoms with Gasteiger partial charge in [-0.2, -0.15) is 0 Å². The number of ether oxygens (including phenoxy) is 2. The molecule has 0 radical (unpaired) electrons. The molecule has 3 rings (SSSR count). The number of nitrogens with zero attached hydrogens (tertiary/aromatic N) is 1. The maximum atomic E-state index is 13.0. The van der Waals surface area contributed by atoms with Gasteiger partial charge >= 0.3 is 5.97 Å². The third kappa shape index (κ3) is 3.72. The van der Waals surface area contributed by atoms with E-state index in [1.54, 1.807) is 31.2 Å². The van der Waals surface area contributed by atoms with Gasteiger partial charge in [0, 0.05) is 17.4 Å². The SMILES string of the molecule is CCOC(=O)C1=C(Nc2ccccc2)C(=O)N(c2ccc(O)c(OC)c2)C1. The van der Waals surface area contributed by atoms with Crippen molar-refractivity contribution in [1.82, 2.24) is 0 Å². The molecule has 7 heteroatoms. The number of carbonyl (C=O) groups excluding carboxylic acids is 2. The standard InChI is InChI=1S/C20H20N2O5/c1-3-27-20(25)15-12-22(14-9-10-16(23)17(11-14)26-2)19(24)18(15)21-13-7-5-4-6-8-13/h4-11,21,23H,3,12H2,1-2H3. The molecule has 0 saturated carbocycles. The van der Waals surface area contributed by atoms with Crippen molar-refractivity contribution in [3.8, 4) is 11.5 Å². The van der Waals surface area contributed by atoms with Gasteiger partial charge in [-0.3, -0.25) is 4.79 Å². The first kappa shape index (κ1) is 18.3. The fourth-order valence-electron chi connectivity index (χ4n) is 2.80. The van der Waals surface area contributed by atoms with Gasteiger partial charge in [-0.25, -0.2) is 4.79 Å². The molecule has 1 aliphatic heterocycles. The zero-order valence-electron chi connectivity index (χ0n) is 15.1. The molecule has 0 bridgehead atoms. The molecular weight excluding hydrogens is 348 g/mol. The maximum Gasteiger partial charge on any atom is 0.338 e. The van der Waals surface area contributed by atoms with Crippen LogP contribution in [0.1, 0.15) is 6.92 Å². The van der Waals surface area contributed by atoms with Gasteiger partial charge in [-0.1, -0.05) is 18.2 Å². The predicted octanol–water partition coefficient (Wildman–Crippen LogP) is 2.68. The third-order valence-electron chi connectivity index (χ3n) is 4.12. The van der Waals surface area contributed by atoms with Gasteiger partial charge in [-0.05, 0) is 31.2 Å². The Kier molecular flexibility index (Phi) is 5.30. The lowest BCUT2D eigenvalue weighted by Gasteiger charge is -2.18. The Hall–Kier alpha value is -3.48. The van der Waals surface area contributed by atoms with Crippen LogP contribution in [0.3, 0.4) is 0 Å². The highest BCUT2D eigenvalue weighted by Gasteiger charge is 2.36. The van der Waals surface area contributed by atoms with E-state index in [9.17, 15) is 14.7 Å². The number of carbonyl (C=O) groups is 2. The number of phenolic OH excluding ortho intramolecular Hbond substituents is 1. The minimum absolute atomic E-state index is 0.0332. The number of hydrogen-bond acceptors (Lipinski definition) is 6. The molecule has 27 heavy (non-hydrogen) atoms. The second-order valence-corrected chi connectivity index (χ2v) is 5.81. The summed E-state index contributed by atoms with van der Waals surface area (Å²) in [6.45, 7) is 1.98. The number of methoxy groups -OCH3 is 1. The van der Waals surface area contributed by atoms with Crippen LogP contribution in [0.25, 0.3) is 0 Å². The van der Waals surface area contributed by atoms with Crippen molar-refractivity contribution in [3.63, 3.8) is 0 Å². The van der Waals surface area contributed by atoms with Gasteiger partial charge in [0.2, 0.25) is 0 Å². The number of amides is 1. The highest BCUT2D eigenvalue weighted by atomic mass is 16.5. The number of benzene rings is 2. The van der Waals surface area contributed by atoms with E-state index in [2.05, 4.69) is 5.32 Å². The van der Waals surface area contributed by atoms with Crippen molar-refractivity contribution >= 4 is 23.3 Å². The summed E-state index contributed by atoms with van der Waals surface area (Å²) < 4.78 is 10.2. The van der Waals surface area contributed by atoms with Crippen molar-refractivity contribution in [1.29, 1.82) is 0 Å². The van der Waals surface area contributed by atoms with Gasteiger partial charge in [0.15, 0.2) is 11.5 Å². The van der Waals surface area contributed by atoms with E-state index in [4.69, 9.17) is 9.47 Å². The van der Waals surface area contributed by atoms with Gasteiger partial charge in [0.05, 0.1) is 25.8 Å². The largest absolute Gasteiger partial charge is 0.504 e. The van der Waals surface area contributed by atoms with E-state index >= 15 is 0 Å². The van der Waals surface area contributed by atoms with Gasteiger partial charge in [-0.15, -0.1) is 0 Å². The quantitative estimate of drug-likeness (QED) is 0.762. The van der Waals surface area contributed by atoms with Crippen molar-refractivity contribution in [2.75, 3.05) is 30.5 Å². The Morgan fingerprint density at radius 1 is 1.22 bits per heavy atom. The molecule has 0 saturated heterocycles. The van der Waals surface area contributed by atoms with Crippen LogP contribution in [-0.2, 0) is 14.3 Å². The molecule has 1 heterocycles. The zero-order chi connectivity index (χ0) is 19.4. The predicted molar refractivity (Wildman–Crippen MR) is 101 cm³/mol. The lowest BCUT2D eigenvalue weighted by molar-refractivity contribution is -0.138. The molecule has 0 aromatic heterocycles.